The SMILES string of the molecule is Cc1nc2c(c(N3CCN(C(=O)c4ccncc4)CC3)n1)CCN(Cc1ccccc1)C2. The Morgan fingerprint density at radius 1 is 0.938 bits per heavy atom. The monoisotopic (exact) mass is 428 g/mol. The average Bonchev–Trinajstić information content (AvgIpc) is 2.84. The van der Waals surface area contributed by atoms with Crippen molar-refractivity contribution in [2.45, 2.75) is 26.4 Å². The fourth-order valence-corrected chi connectivity index (χ4v) is 4.62. The fraction of sp³-hybridized carbons (Fsp3) is 0.360. The molecule has 32 heavy (non-hydrogen) atoms. The number of amides is 1. The van der Waals surface area contributed by atoms with Crippen LogP contribution in [0.25, 0.3) is 0 Å². The van der Waals surface area contributed by atoms with Crippen molar-refractivity contribution in [2.75, 3.05) is 37.6 Å². The van der Waals surface area contributed by atoms with Gasteiger partial charge < -0.3 is 9.80 Å². The Hall–Kier alpha value is -3.32. The zero-order valence-corrected chi connectivity index (χ0v) is 18.4. The van der Waals surface area contributed by atoms with Gasteiger partial charge in [0.25, 0.3) is 5.91 Å². The van der Waals surface area contributed by atoms with E-state index < -0.39 is 0 Å². The minimum Gasteiger partial charge on any atom is -0.353 e. The molecular weight excluding hydrogens is 400 g/mol. The van der Waals surface area contributed by atoms with Crippen LogP contribution in [0.3, 0.4) is 0 Å². The van der Waals surface area contributed by atoms with E-state index in [1.54, 1.807) is 24.5 Å². The fourth-order valence-electron chi connectivity index (χ4n) is 4.62. The number of benzene rings is 1. The molecule has 3 aromatic rings. The summed E-state index contributed by atoms with van der Waals surface area (Å²) < 4.78 is 0. The van der Waals surface area contributed by atoms with Crippen molar-refractivity contribution in [3.8, 4) is 0 Å². The lowest BCUT2D eigenvalue weighted by atomic mass is 10.0. The van der Waals surface area contributed by atoms with Gasteiger partial charge in [-0.05, 0) is 31.0 Å². The van der Waals surface area contributed by atoms with Crippen molar-refractivity contribution in [2.24, 2.45) is 0 Å². The Balaban J connectivity index is 1.28. The van der Waals surface area contributed by atoms with Crippen LogP contribution in [0, 0.1) is 6.92 Å². The van der Waals surface area contributed by atoms with Crippen LogP contribution in [0.2, 0.25) is 0 Å². The number of pyridine rings is 1. The molecule has 2 aromatic heterocycles. The maximum absolute atomic E-state index is 12.8. The number of hydrogen-bond acceptors (Lipinski definition) is 6. The average molecular weight is 429 g/mol. The summed E-state index contributed by atoms with van der Waals surface area (Å²) in [5, 5.41) is 0. The van der Waals surface area contributed by atoms with Gasteiger partial charge in [0, 0.05) is 69.3 Å². The normalized spacial score (nSPS) is 16.7. The molecular formula is C25H28N6O. The van der Waals surface area contributed by atoms with E-state index >= 15 is 0 Å². The number of aryl methyl sites for hydroxylation is 1. The number of fused-ring (bicyclic) bond motifs is 1. The van der Waals surface area contributed by atoms with Gasteiger partial charge in [0.15, 0.2) is 0 Å². The van der Waals surface area contributed by atoms with E-state index in [4.69, 9.17) is 9.97 Å². The van der Waals surface area contributed by atoms with Crippen LogP contribution in [0.1, 0.15) is 33.0 Å². The topological polar surface area (TPSA) is 65.5 Å². The molecule has 7 nitrogen and oxygen atoms in total. The van der Waals surface area contributed by atoms with E-state index in [2.05, 4.69) is 45.1 Å². The molecule has 2 aliphatic heterocycles. The Labute approximate surface area is 188 Å². The van der Waals surface area contributed by atoms with Crippen molar-refractivity contribution in [1.82, 2.24) is 24.8 Å². The number of carbonyl (C=O) groups excluding carboxylic acids is 1. The predicted octanol–water partition coefficient (Wildman–Crippen LogP) is 2.70. The van der Waals surface area contributed by atoms with E-state index in [9.17, 15) is 4.79 Å². The highest BCUT2D eigenvalue weighted by Crippen LogP contribution is 2.28. The third-order valence-electron chi connectivity index (χ3n) is 6.28. The van der Waals surface area contributed by atoms with E-state index in [0.29, 0.717) is 18.7 Å². The smallest absolute Gasteiger partial charge is 0.254 e. The summed E-state index contributed by atoms with van der Waals surface area (Å²) in [7, 11) is 0. The van der Waals surface area contributed by atoms with Crippen LogP contribution in [0.15, 0.2) is 54.9 Å². The second-order valence-corrected chi connectivity index (χ2v) is 8.48. The summed E-state index contributed by atoms with van der Waals surface area (Å²) in [6.45, 7) is 7.72. The maximum atomic E-state index is 12.8. The van der Waals surface area contributed by atoms with E-state index in [1.807, 2.05) is 11.8 Å². The summed E-state index contributed by atoms with van der Waals surface area (Å²) in [4.78, 5) is 33.1. The van der Waals surface area contributed by atoms with Gasteiger partial charge in [0.05, 0.1) is 5.69 Å². The van der Waals surface area contributed by atoms with E-state index in [0.717, 1.165) is 56.5 Å². The second-order valence-electron chi connectivity index (χ2n) is 8.48. The highest BCUT2D eigenvalue weighted by atomic mass is 16.2. The standard InChI is InChI=1S/C25H28N6O/c1-19-27-23-18-29(17-20-5-3-2-4-6-20)12-9-22(23)24(28-19)30-13-15-31(16-14-30)25(32)21-7-10-26-11-8-21/h2-8,10-11H,9,12-18H2,1H3. The molecule has 164 valence electrons. The van der Waals surface area contributed by atoms with Gasteiger partial charge in [0.2, 0.25) is 0 Å². The van der Waals surface area contributed by atoms with Gasteiger partial charge in [0.1, 0.15) is 11.6 Å². The van der Waals surface area contributed by atoms with Crippen LogP contribution < -0.4 is 4.90 Å². The van der Waals surface area contributed by atoms with Crippen LogP contribution in [-0.2, 0) is 19.5 Å². The largest absolute Gasteiger partial charge is 0.353 e. The number of rotatable bonds is 4. The van der Waals surface area contributed by atoms with Crippen molar-refractivity contribution in [3.63, 3.8) is 0 Å². The summed E-state index contributed by atoms with van der Waals surface area (Å²) in [6, 6.07) is 14.2. The van der Waals surface area contributed by atoms with Gasteiger partial charge in [-0.2, -0.15) is 0 Å². The quantitative estimate of drug-likeness (QED) is 0.637. The summed E-state index contributed by atoms with van der Waals surface area (Å²) >= 11 is 0. The van der Waals surface area contributed by atoms with E-state index in [-0.39, 0.29) is 5.91 Å². The molecule has 1 saturated heterocycles. The molecule has 1 amide bonds. The lowest BCUT2D eigenvalue weighted by Gasteiger charge is -2.38. The van der Waals surface area contributed by atoms with Gasteiger partial charge in [-0.25, -0.2) is 9.97 Å². The first-order valence-electron chi connectivity index (χ1n) is 11.2. The summed E-state index contributed by atoms with van der Waals surface area (Å²) in [5.41, 5.74) is 4.44. The molecule has 0 radical (unpaired) electrons. The molecule has 0 saturated carbocycles. The first kappa shape index (κ1) is 20.6. The van der Waals surface area contributed by atoms with Crippen LogP contribution in [-0.4, -0.2) is 63.4 Å². The maximum Gasteiger partial charge on any atom is 0.254 e. The highest BCUT2D eigenvalue weighted by molar-refractivity contribution is 5.94. The van der Waals surface area contributed by atoms with Gasteiger partial charge >= 0.3 is 0 Å². The van der Waals surface area contributed by atoms with E-state index in [1.165, 1.54) is 11.1 Å². The molecule has 5 rings (SSSR count). The van der Waals surface area contributed by atoms with Gasteiger partial charge in [-0.3, -0.25) is 14.7 Å². The minimum atomic E-state index is 0.0736. The Kier molecular flexibility index (Phi) is 5.81. The van der Waals surface area contributed by atoms with Crippen molar-refractivity contribution in [1.29, 1.82) is 0 Å². The molecule has 0 unspecified atom stereocenters. The second kappa shape index (κ2) is 9.04. The number of hydrogen-bond donors (Lipinski definition) is 0. The number of nitrogens with zero attached hydrogens (tertiary/aromatic N) is 6. The molecule has 0 N–H and O–H groups in total. The van der Waals surface area contributed by atoms with Crippen molar-refractivity contribution >= 4 is 11.7 Å². The number of piperazine rings is 1. The minimum absolute atomic E-state index is 0.0736. The Bertz CT molecular complexity index is 1080. The Morgan fingerprint density at radius 2 is 1.69 bits per heavy atom. The molecule has 0 aliphatic carbocycles. The summed E-state index contributed by atoms with van der Waals surface area (Å²) in [5.74, 6) is 1.95. The molecule has 0 bridgehead atoms. The molecule has 2 aliphatic rings. The lowest BCUT2D eigenvalue weighted by molar-refractivity contribution is 0.0746. The molecule has 1 aromatic carbocycles. The number of aromatic nitrogens is 3. The third kappa shape index (κ3) is 4.34. The van der Waals surface area contributed by atoms with Crippen molar-refractivity contribution < 1.29 is 4.79 Å². The first-order valence-corrected chi connectivity index (χ1v) is 11.2. The van der Waals surface area contributed by atoms with Crippen LogP contribution in [0.4, 0.5) is 5.82 Å². The van der Waals surface area contributed by atoms with Crippen molar-refractivity contribution in [3.05, 3.63) is 83.1 Å². The van der Waals surface area contributed by atoms with Crippen LogP contribution >= 0.6 is 0 Å². The third-order valence-corrected chi connectivity index (χ3v) is 6.28. The van der Waals surface area contributed by atoms with Gasteiger partial charge in [-0.1, -0.05) is 30.3 Å². The summed E-state index contributed by atoms with van der Waals surface area (Å²) in [6.07, 6.45) is 4.29. The predicted molar refractivity (Wildman–Crippen MR) is 123 cm³/mol. The lowest BCUT2D eigenvalue weighted by Crippen LogP contribution is -2.49. The van der Waals surface area contributed by atoms with Crippen LogP contribution in [0.5, 0.6) is 0 Å². The first-order chi connectivity index (χ1) is 15.7. The molecule has 7 heteroatoms. The molecule has 0 spiro atoms. The highest BCUT2D eigenvalue weighted by Gasteiger charge is 2.28. The Morgan fingerprint density at radius 3 is 2.44 bits per heavy atom. The molecule has 4 heterocycles. The zero-order chi connectivity index (χ0) is 21.9. The molecule has 0 atom stereocenters. The number of anilines is 1. The number of carbonyl (C=O) groups is 1. The molecule has 1 fully saturated rings. The zero-order valence-electron chi connectivity index (χ0n) is 18.4. The van der Waals surface area contributed by atoms with Gasteiger partial charge in [-0.15, -0.1) is 0 Å².